The maximum atomic E-state index is 11.9. The van der Waals surface area contributed by atoms with Gasteiger partial charge in [0.05, 0.1) is 0 Å². The molecule has 0 bridgehead atoms. The molecule has 1 aliphatic rings. The molecule has 1 aromatic rings. The summed E-state index contributed by atoms with van der Waals surface area (Å²) in [5.41, 5.74) is 6.32. The number of nitrogens with two attached hydrogens (primary N) is 1. The first-order chi connectivity index (χ1) is 9.04. The monoisotopic (exact) mass is 283 g/mol. The second-order valence-electron chi connectivity index (χ2n) is 4.97. The second-order valence-corrected chi connectivity index (χ2v) is 5.72. The van der Waals surface area contributed by atoms with Crippen LogP contribution in [0.15, 0.2) is 0 Å². The van der Waals surface area contributed by atoms with E-state index in [9.17, 15) is 4.79 Å². The number of hydrogen-bond acceptors (Lipinski definition) is 6. The van der Waals surface area contributed by atoms with Gasteiger partial charge in [-0.3, -0.25) is 4.79 Å². The van der Waals surface area contributed by atoms with E-state index in [0.717, 1.165) is 30.9 Å². The Balaban J connectivity index is 2.19. The average molecular weight is 283 g/mol. The first-order valence-electron chi connectivity index (χ1n) is 6.43. The Morgan fingerprint density at radius 2 is 2.16 bits per heavy atom. The van der Waals surface area contributed by atoms with Crippen molar-refractivity contribution in [2.45, 2.75) is 18.9 Å². The van der Waals surface area contributed by atoms with Gasteiger partial charge in [0.15, 0.2) is 5.82 Å². The molecule has 6 nitrogen and oxygen atoms in total. The van der Waals surface area contributed by atoms with Crippen molar-refractivity contribution in [3.8, 4) is 0 Å². The van der Waals surface area contributed by atoms with Crippen LogP contribution in [-0.2, 0) is 0 Å². The quantitative estimate of drug-likeness (QED) is 0.850. The van der Waals surface area contributed by atoms with Crippen molar-refractivity contribution in [2.75, 3.05) is 44.9 Å². The molecule has 2 rings (SSSR count). The molecule has 7 heteroatoms. The summed E-state index contributed by atoms with van der Waals surface area (Å²) in [6, 6.07) is 0.444. The maximum Gasteiger partial charge on any atom is 0.257 e. The fraction of sp³-hybridized carbons (Fsp3) is 0.667. The van der Waals surface area contributed by atoms with Gasteiger partial charge in [-0.25, -0.2) is 0 Å². The summed E-state index contributed by atoms with van der Waals surface area (Å²) in [5, 5.41) is 3.49. The van der Waals surface area contributed by atoms with E-state index in [1.807, 2.05) is 7.05 Å². The lowest BCUT2D eigenvalue weighted by molar-refractivity contribution is 0.0964. The van der Waals surface area contributed by atoms with Crippen LogP contribution in [0.25, 0.3) is 0 Å². The van der Waals surface area contributed by atoms with Crippen molar-refractivity contribution in [3.05, 3.63) is 5.56 Å². The molecule has 0 saturated carbocycles. The SMILES string of the molecule is CNC(=O)c1c(N)nsc1N(C)C1CCN(C)CC1. The molecule has 0 radical (unpaired) electrons. The Morgan fingerprint density at radius 3 is 2.74 bits per heavy atom. The van der Waals surface area contributed by atoms with Gasteiger partial charge in [0.2, 0.25) is 0 Å². The van der Waals surface area contributed by atoms with Gasteiger partial charge in [-0.1, -0.05) is 0 Å². The van der Waals surface area contributed by atoms with Crippen LogP contribution in [0.4, 0.5) is 10.8 Å². The molecular formula is C12H21N5OS. The number of piperidine rings is 1. The van der Waals surface area contributed by atoms with Crippen LogP contribution in [0.5, 0.6) is 0 Å². The van der Waals surface area contributed by atoms with Crippen LogP contribution in [0.3, 0.4) is 0 Å². The third-order valence-electron chi connectivity index (χ3n) is 3.71. The molecule has 1 aromatic heterocycles. The summed E-state index contributed by atoms with van der Waals surface area (Å²) in [5.74, 6) is 0.153. The number of amides is 1. The standard InChI is InChI=1S/C12H21N5OS/c1-14-11(18)9-10(13)15-19-12(9)17(3)8-4-6-16(2)7-5-8/h8H,4-7H2,1-3H3,(H2,13,15)(H,14,18). The lowest BCUT2D eigenvalue weighted by Gasteiger charge is -2.35. The third kappa shape index (κ3) is 2.82. The van der Waals surface area contributed by atoms with Gasteiger partial charge in [0, 0.05) is 20.1 Å². The molecule has 0 atom stereocenters. The third-order valence-corrected chi connectivity index (χ3v) is 4.66. The second kappa shape index (κ2) is 5.75. The molecule has 1 saturated heterocycles. The highest BCUT2D eigenvalue weighted by Crippen LogP contribution is 2.32. The maximum absolute atomic E-state index is 11.9. The Hall–Kier alpha value is -1.34. The van der Waals surface area contributed by atoms with Crippen LogP contribution < -0.4 is 16.0 Å². The van der Waals surface area contributed by atoms with E-state index in [1.165, 1.54) is 11.5 Å². The van der Waals surface area contributed by atoms with Crippen molar-refractivity contribution in [1.29, 1.82) is 0 Å². The van der Waals surface area contributed by atoms with Crippen molar-refractivity contribution in [1.82, 2.24) is 14.6 Å². The lowest BCUT2D eigenvalue weighted by atomic mass is 10.0. The lowest BCUT2D eigenvalue weighted by Crippen LogP contribution is -2.42. The number of hydrogen-bond donors (Lipinski definition) is 2. The molecule has 19 heavy (non-hydrogen) atoms. The van der Waals surface area contributed by atoms with E-state index >= 15 is 0 Å². The first kappa shape index (κ1) is 14.1. The zero-order chi connectivity index (χ0) is 14.0. The van der Waals surface area contributed by atoms with Gasteiger partial charge in [-0.05, 0) is 44.5 Å². The van der Waals surface area contributed by atoms with Crippen LogP contribution in [-0.4, -0.2) is 55.5 Å². The summed E-state index contributed by atoms with van der Waals surface area (Å²) in [4.78, 5) is 16.4. The number of aromatic nitrogens is 1. The van der Waals surface area contributed by atoms with Crippen molar-refractivity contribution < 1.29 is 4.79 Å². The van der Waals surface area contributed by atoms with Gasteiger partial charge >= 0.3 is 0 Å². The number of nitrogens with zero attached hydrogens (tertiary/aromatic N) is 3. The number of carbonyl (C=O) groups excluding carboxylic acids is 1. The van der Waals surface area contributed by atoms with Crippen LogP contribution in [0, 0.1) is 0 Å². The number of carbonyl (C=O) groups is 1. The summed E-state index contributed by atoms with van der Waals surface area (Å²) in [6.07, 6.45) is 2.19. The van der Waals surface area contributed by atoms with E-state index in [-0.39, 0.29) is 5.91 Å². The van der Waals surface area contributed by atoms with Gasteiger partial charge < -0.3 is 20.9 Å². The highest BCUT2D eigenvalue weighted by Gasteiger charge is 2.27. The fourth-order valence-electron chi connectivity index (χ4n) is 2.42. The van der Waals surface area contributed by atoms with E-state index < -0.39 is 0 Å². The minimum Gasteiger partial charge on any atom is -0.382 e. The van der Waals surface area contributed by atoms with Crippen LogP contribution in [0.1, 0.15) is 23.2 Å². The molecular weight excluding hydrogens is 262 g/mol. The Kier molecular flexibility index (Phi) is 4.26. The van der Waals surface area contributed by atoms with Crippen LogP contribution in [0.2, 0.25) is 0 Å². The summed E-state index contributed by atoms with van der Waals surface area (Å²) >= 11 is 1.30. The molecule has 0 aromatic carbocycles. The minimum absolute atomic E-state index is 0.166. The average Bonchev–Trinajstić information content (AvgIpc) is 2.80. The topological polar surface area (TPSA) is 74.5 Å². The van der Waals surface area contributed by atoms with Gasteiger partial charge in [0.1, 0.15) is 10.6 Å². The largest absolute Gasteiger partial charge is 0.382 e. The van der Waals surface area contributed by atoms with Crippen molar-refractivity contribution in [3.63, 3.8) is 0 Å². The zero-order valence-corrected chi connectivity index (χ0v) is 12.5. The first-order valence-corrected chi connectivity index (χ1v) is 7.20. The minimum atomic E-state index is -0.166. The van der Waals surface area contributed by atoms with Gasteiger partial charge in [-0.2, -0.15) is 4.37 Å². The molecule has 0 spiro atoms. The zero-order valence-electron chi connectivity index (χ0n) is 11.6. The van der Waals surface area contributed by atoms with E-state index in [1.54, 1.807) is 7.05 Å². The van der Waals surface area contributed by atoms with E-state index in [2.05, 4.69) is 26.5 Å². The van der Waals surface area contributed by atoms with Crippen LogP contribution >= 0.6 is 11.5 Å². The number of anilines is 2. The van der Waals surface area contributed by atoms with Gasteiger partial charge in [0.25, 0.3) is 5.91 Å². The summed E-state index contributed by atoms with van der Waals surface area (Å²) in [7, 11) is 5.77. The molecule has 0 aliphatic carbocycles. The number of likely N-dealkylation sites (tertiary alicyclic amines) is 1. The predicted molar refractivity (Wildman–Crippen MR) is 78.8 cm³/mol. The number of nitrogens with one attached hydrogen (secondary N) is 1. The molecule has 3 N–H and O–H groups in total. The highest BCUT2D eigenvalue weighted by atomic mass is 32.1. The predicted octanol–water partition coefficient (Wildman–Crippen LogP) is 0.615. The van der Waals surface area contributed by atoms with Gasteiger partial charge in [-0.15, -0.1) is 0 Å². The van der Waals surface area contributed by atoms with E-state index in [0.29, 0.717) is 17.4 Å². The Bertz CT molecular complexity index is 453. The Morgan fingerprint density at radius 1 is 1.53 bits per heavy atom. The molecule has 106 valence electrons. The van der Waals surface area contributed by atoms with Crippen molar-refractivity contribution >= 4 is 28.3 Å². The highest BCUT2D eigenvalue weighted by molar-refractivity contribution is 7.11. The summed E-state index contributed by atoms with van der Waals surface area (Å²) < 4.78 is 4.12. The number of nitrogen functional groups attached to an aromatic ring is 1. The normalized spacial score (nSPS) is 17.4. The smallest absolute Gasteiger partial charge is 0.257 e. The summed E-state index contributed by atoms with van der Waals surface area (Å²) in [6.45, 7) is 2.16. The molecule has 0 unspecified atom stereocenters. The number of rotatable bonds is 3. The molecule has 1 fully saturated rings. The Labute approximate surface area is 117 Å². The van der Waals surface area contributed by atoms with Crippen molar-refractivity contribution in [2.24, 2.45) is 0 Å². The molecule has 1 amide bonds. The fourth-order valence-corrected chi connectivity index (χ4v) is 3.26. The molecule has 2 heterocycles. The van der Waals surface area contributed by atoms with E-state index in [4.69, 9.17) is 5.73 Å². The molecule has 1 aliphatic heterocycles.